The standard InChI is InChI=1S/C19H20N4O2/c1-3-23-16-10-18(22-17-7-6-13(2)11-20-17)21-12-15(16)9-14(19(23)25)5-4-8-24/h6-7,9-12,19,24-25H,3,8H2,1-2H3,(H,20,21,22). The van der Waals surface area contributed by atoms with Gasteiger partial charge in [0.15, 0.2) is 6.23 Å². The van der Waals surface area contributed by atoms with Crippen molar-refractivity contribution in [1.29, 1.82) is 0 Å². The Bertz CT molecular complexity index is 850. The number of pyridine rings is 2. The quantitative estimate of drug-likeness (QED) is 0.745. The van der Waals surface area contributed by atoms with Gasteiger partial charge >= 0.3 is 0 Å². The van der Waals surface area contributed by atoms with Crippen molar-refractivity contribution in [3.63, 3.8) is 0 Å². The van der Waals surface area contributed by atoms with Crippen LogP contribution in [-0.4, -0.2) is 39.6 Å². The van der Waals surface area contributed by atoms with Gasteiger partial charge < -0.3 is 20.4 Å². The van der Waals surface area contributed by atoms with Crippen LogP contribution in [0.5, 0.6) is 0 Å². The minimum atomic E-state index is -0.843. The molecule has 3 rings (SSSR count). The third-order valence-electron chi connectivity index (χ3n) is 3.93. The van der Waals surface area contributed by atoms with E-state index in [1.807, 2.05) is 36.9 Å². The summed E-state index contributed by atoms with van der Waals surface area (Å²) in [7, 11) is 0. The van der Waals surface area contributed by atoms with E-state index >= 15 is 0 Å². The van der Waals surface area contributed by atoms with Crippen LogP contribution in [-0.2, 0) is 0 Å². The van der Waals surface area contributed by atoms with Crippen molar-refractivity contribution in [3.05, 3.63) is 47.3 Å². The third kappa shape index (κ3) is 3.63. The number of fused-ring (bicyclic) bond motifs is 1. The number of hydrogen-bond acceptors (Lipinski definition) is 6. The molecule has 2 aromatic rings. The number of aliphatic hydroxyl groups is 2. The van der Waals surface area contributed by atoms with E-state index in [9.17, 15) is 5.11 Å². The smallest absolute Gasteiger partial charge is 0.161 e. The van der Waals surface area contributed by atoms with Crippen LogP contribution in [0.4, 0.5) is 17.3 Å². The molecule has 6 heteroatoms. The Kier molecular flexibility index (Phi) is 4.98. The predicted molar refractivity (Wildman–Crippen MR) is 98.4 cm³/mol. The van der Waals surface area contributed by atoms with Crippen molar-refractivity contribution in [3.8, 4) is 11.8 Å². The molecule has 0 saturated carbocycles. The first-order valence-electron chi connectivity index (χ1n) is 8.08. The van der Waals surface area contributed by atoms with Crippen LogP contribution in [0.1, 0.15) is 18.1 Å². The average Bonchev–Trinajstić information content (AvgIpc) is 2.62. The molecule has 0 bridgehead atoms. The van der Waals surface area contributed by atoms with Gasteiger partial charge in [-0.05, 0) is 31.6 Å². The van der Waals surface area contributed by atoms with Crippen LogP contribution in [0.15, 0.2) is 36.2 Å². The summed E-state index contributed by atoms with van der Waals surface area (Å²) in [4.78, 5) is 10.6. The van der Waals surface area contributed by atoms with Crippen molar-refractivity contribution in [2.45, 2.75) is 20.1 Å². The second kappa shape index (κ2) is 7.34. The largest absolute Gasteiger partial charge is 0.384 e. The van der Waals surface area contributed by atoms with Gasteiger partial charge in [0.1, 0.15) is 18.2 Å². The minimum Gasteiger partial charge on any atom is -0.384 e. The molecule has 128 valence electrons. The molecule has 1 aliphatic rings. The Morgan fingerprint density at radius 2 is 2.04 bits per heavy atom. The second-order valence-electron chi connectivity index (χ2n) is 5.69. The number of nitrogens with one attached hydrogen (secondary N) is 1. The summed E-state index contributed by atoms with van der Waals surface area (Å²) in [5.41, 5.74) is 3.38. The van der Waals surface area contributed by atoms with Gasteiger partial charge in [0, 0.05) is 30.6 Å². The summed E-state index contributed by atoms with van der Waals surface area (Å²) in [6.45, 7) is 4.31. The Morgan fingerprint density at radius 3 is 2.72 bits per heavy atom. The highest BCUT2D eigenvalue weighted by atomic mass is 16.3. The zero-order chi connectivity index (χ0) is 17.8. The molecule has 0 aromatic carbocycles. The lowest BCUT2D eigenvalue weighted by atomic mass is 10.0. The van der Waals surface area contributed by atoms with Gasteiger partial charge in [-0.3, -0.25) is 0 Å². The Labute approximate surface area is 146 Å². The fourth-order valence-electron chi connectivity index (χ4n) is 2.68. The third-order valence-corrected chi connectivity index (χ3v) is 3.93. The van der Waals surface area contributed by atoms with Crippen LogP contribution in [0.2, 0.25) is 0 Å². The van der Waals surface area contributed by atoms with Crippen molar-refractivity contribution in [2.75, 3.05) is 23.4 Å². The number of rotatable bonds is 3. The van der Waals surface area contributed by atoms with Crippen LogP contribution < -0.4 is 10.2 Å². The minimum absolute atomic E-state index is 0.242. The molecule has 6 nitrogen and oxygen atoms in total. The van der Waals surface area contributed by atoms with Crippen LogP contribution >= 0.6 is 0 Å². The van der Waals surface area contributed by atoms with Gasteiger partial charge in [-0.1, -0.05) is 17.9 Å². The average molecular weight is 336 g/mol. The molecule has 3 N–H and O–H groups in total. The lowest BCUT2D eigenvalue weighted by Crippen LogP contribution is -2.38. The molecule has 1 atom stereocenters. The van der Waals surface area contributed by atoms with E-state index in [2.05, 4.69) is 27.1 Å². The van der Waals surface area contributed by atoms with E-state index < -0.39 is 6.23 Å². The summed E-state index contributed by atoms with van der Waals surface area (Å²) in [6.07, 6.45) is 4.48. The molecule has 2 aromatic heterocycles. The van der Waals surface area contributed by atoms with E-state index in [-0.39, 0.29) is 6.61 Å². The Balaban J connectivity index is 1.94. The normalized spacial score (nSPS) is 15.8. The highest BCUT2D eigenvalue weighted by Gasteiger charge is 2.25. The highest BCUT2D eigenvalue weighted by Crippen LogP contribution is 2.33. The first-order chi connectivity index (χ1) is 12.1. The molecule has 1 aliphatic heterocycles. The van der Waals surface area contributed by atoms with Gasteiger partial charge in [-0.15, -0.1) is 0 Å². The summed E-state index contributed by atoms with van der Waals surface area (Å²) >= 11 is 0. The molecule has 0 fully saturated rings. The van der Waals surface area contributed by atoms with E-state index in [1.165, 1.54) is 0 Å². The topological polar surface area (TPSA) is 81.5 Å². The molecule has 0 spiro atoms. The zero-order valence-corrected chi connectivity index (χ0v) is 14.2. The van der Waals surface area contributed by atoms with E-state index in [1.54, 1.807) is 18.5 Å². The van der Waals surface area contributed by atoms with E-state index in [0.29, 0.717) is 23.8 Å². The van der Waals surface area contributed by atoms with E-state index in [4.69, 9.17) is 5.11 Å². The zero-order valence-electron chi connectivity index (χ0n) is 14.2. The number of likely N-dealkylation sites (N-methyl/N-ethyl adjacent to an activating group) is 1. The Morgan fingerprint density at radius 1 is 1.24 bits per heavy atom. The lowest BCUT2D eigenvalue weighted by Gasteiger charge is -2.33. The van der Waals surface area contributed by atoms with Crippen LogP contribution in [0, 0.1) is 18.8 Å². The fourth-order valence-corrected chi connectivity index (χ4v) is 2.68. The maximum absolute atomic E-state index is 10.5. The summed E-state index contributed by atoms with van der Waals surface area (Å²) < 4.78 is 0. The van der Waals surface area contributed by atoms with Gasteiger partial charge in [0.25, 0.3) is 0 Å². The highest BCUT2D eigenvalue weighted by molar-refractivity contribution is 5.78. The molecular formula is C19H20N4O2. The molecule has 0 saturated heterocycles. The number of aliphatic hydroxyl groups excluding tert-OH is 2. The van der Waals surface area contributed by atoms with Crippen molar-refractivity contribution in [2.24, 2.45) is 0 Å². The van der Waals surface area contributed by atoms with E-state index in [0.717, 1.165) is 16.8 Å². The number of nitrogens with zero attached hydrogens (tertiary/aromatic N) is 3. The molecule has 25 heavy (non-hydrogen) atoms. The number of aryl methyl sites for hydroxylation is 1. The van der Waals surface area contributed by atoms with Gasteiger partial charge in [0.2, 0.25) is 0 Å². The molecule has 0 amide bonds. The van der Waals surface area contributed by atoms with Crippen LogP contribution in [0.3, 0.4) is 0 Å². The van der Waals surface area contributed by atoms with Gasteiger partial charge in [-0.25, -0.2) is 9.97 Å². The summed E-state index contributed by atoms with van der Waals surface area (Å²) in [6, 6.07) is 5.76. The molecule has 3 heterocycles. The fraction of sp³-hybridized carbons (Fsp3) is 0.263. The predicted octanol–water partition coefficient (Wildman–Crippen LogP) is 2.07. The van der Waals surface area contributed by atoms with Gasteiger partial charge in [-0.2, -0.15) is 0 Å². The van der Waals surface area contributed by atoms with Crippen molar-refractivity contribution in [1.82, 2.24) is 9.97 Å². The maximum Gasteiger partial charge on any atom is 0.161 e. The molecular weight excluding hydrogens is 316 g/mol. The molecule has 1 unspecified atom stereocenters. The van der Waals surface area contributed by atoms with Crippen molar-refractivity contribution < 1.29 is 10.2 Å². The monoisotopic (exact) mass is 336 g/mol. The van der Waals surface area contributed by atoms with Gasteiger partial charge in [0.05, 0.1) is 11.3 Å². The second-order valence-corrected chi connectivity index (χ2v) is 5.69. The number of anilines is 3. The SMILES string of the molecule is CCN1c2cc(Nc3ccc(C)cn3)ncc2C=C(C#CCO)C1O. The first kappa shape index (κ1) is 17.0. The summed E-state index contributed by atoms with van der Waals surface area (Å²) in [5, 5.41) is 22.6. The molecule has 0 radical (unpaired) electrons. The lowest BCUT2D eigenvalue weighted by molar-refractivity contribution is 0.210. The van der Waals surface area contributed by atoms with Crippen molar-refractivity contribution >= 4 is 23.4 Å². The summed E-state index contributed by atoms with van der Waals surface area (Å²) in [5.74, 6) is 6.75. The Hall–Kier alpha value is -2.88. The number of aromatic nitrogens is 2. The molecule has 0 aliphatic carbocycles. The number of hydrogen-bond donors (Lipinski definition) is 3. The maximum atomic E-state index is 10.5. The first-order valence-corrected chi connectivity index (χ1v) is 8.08. The van der Waals surface area contributed by atoms with Crippen LogP contribution in [0.25, 0.3) is 6.08 Å².